The maximum atomic E-state index is 6.32. The van der Waals surface area contributed by atoms with Crippen LogP contribution in [0.2, 0.25) is 0 Å². The fourth-order valence-corrected chi connectivity index (χ4v) is 3.03. The van der Waals surface area contributed by atoms with Crippen LogP contribution in [0.4, 0.5) is 0 Å². The van der Waals surface area contributed by atoms with Crippen molar-refractivity contribution >= 4 is 11.3 Å². The average Bonchev–Trinajstić information content (AvgIpc) is 2.91. The molecule has 0 fully saturated rings. The second-order valence-electron chi connectivity index (χ2n) is 4.28. The molecule has 2 nitrogen and oxygen atoms in total. The van der Waals surface area contributed by atoms with Gasteiger partial charge in [0, 0.05) is 10.4 Å². The Balaban J connectivity index is 2.03. The third-order valence-corrected chi connectivity index (χ3v) is 4.10. The Morgan fingerprint density at radius 2 is 2.18 bits per heavy atom. The van der Waals surface area contributed by atoms with E-state index in [1.165, 1.54) is 10.4 Å². The fourth-order valence-electron chi connectivity index (χ4n) is 2.28. The molecule has 0 amide bonds. The number of fused-ring (bicyclic) bond motifs is 1. The molecule has 1 aliphatic heterocycles. The maximum absolute atomic E-state index is 6.32. The van der Waals surface area contributed by atoms with Crippen LogP contribution >= 0.6 is 11.3 Å². The second-order valence-corrected chi connectivity index (χ2v) is 5.26. The van der Waals surface area contributed by atoms with Crippen molar-refractivity contribution in [3.05, 3.63) is 51.7 Å². The molecule has 88 valence electrons. The van der Waals surface area contributed by atoms with Gasteiger partial charge >= 0.3 is 0 Å². The van der Waals surface area contributed by atoms with Crippen molar-refractivity contribution in [2.75, 3.05) is 6.61 Å². The molecule has 0 spiro atoms. The van der Waals surface area contributed by atoms with Gasteiger partial charge in [0.15, 0.2) is 0 Å². The van der Waals surface area contributed by atoms with E-state index in [4.69, 9.17) is 10.5 Å². The van der Waals surface area contributed by atoms with Gasteiger partial charge < -0.3 is 10.5 Å². The Labute approximate surface area is 105 Å². The number of hydrogen-bond acceptors (Lipinski definition) is 3. The lowest BCUT2D eigenvalue weighted by Gasteiger charge is -2.22. The highest BCUT2D eigenvalue weighted by Gasteiger charge is 2.19. The van der Waals surface area contributed by atoms with Crippen molar-refractivity contribution in [1.29, 1.82) is 0 Å². The monoisotopic (exact) mass is 245 g/mol. The van der Waals surface area contributed by atoms with Gasteiger partial charge in [-0.15, -0.1) is 11.3 Å². The number of benzene rings is 1. The molecule has 2 N–H and O–H groups in total. The van der Waals surface area contributed by atoms with Crippen molar-refractivity contribution in [2.24, 2.45) is 5.73 Å². The Hall–Kier alpha value is -1.32. The summed E-state index contributed by atoms with van der Waals surface area (Å²) in [5.41, 5.74) is 8.72. The summed E-state index contributed by atoms with van der Waals surface area (Å²) in [6.45, 7) is 0.807. The molecule has 0 radical (unpaired) electrons. The van der Waals surface area contributed by atoms with E-state index in [0.717, 1.165) is 30.8 Å². The quantitative estimate of drug-likeness (QED) is 0.882. The third-order valence-electron chi connectivity index (χ3n) is 3.15. The third kappa shape index (κ3) is 1.96. The molecule has 0 saturated carbocycles. The highest BCUT2D eigenvalue weighted by Crippen LogP contribution is 2.35. The molecule has 2 heterocycles. The summed E-state index contributed by atoms with van der Waals surface area (Å²) in [5.74, 6) is 1.01. The molecule has 0 saturated heterocycles. The Morgan fingerprint density at radius 1 is 1.24 bits per heavy atom. The molecule has 0 aliphatic carbocycles. The number of aryl methyl sites for hydroxylation is 1. The zero-order chi connectivity index (χ0) is 11.7. The largest absolute Gasteiger partial charge is 0.493 e. The summed E-state index contributed by atoms with van der Waals surface area (Å²) in [5, 5.41) is 2.06. The van der Waals surface area contributed by atoms with E-state index < -0.39 is 0 Å². The van der Waals surface area contributed by atoms with Gasteiger partial charge in [-0.1, -0.05) is 24.3 Å². The number of thiophene rings is 1. The zero-order valence-corrected chi connectivity index (χ0v) is 10.4. The number of hydrogen-bond donors (Lipinski definition) is 1. The average molecular weight is 245 g/mol. The lowest BCUT2D eigenvalue weighted by Crippen LogP contribution is -2.16. The molecular formula is C14H15NOS. The molecular weight excluding hydrogens is 230 g/mol. The van der Waals surface area contributed by atoms with Crippen molar-refractivity contribution in [2.45, 2.75) is 18.9 Å². The van der Waals surface area contributed by atoms with Crippen LogP contribution in [0.25, 0.3) is 0 Å². The fraction of sp³-hybridized carbons (Fsp3) is 0.286. The first-order valence-electron chi connectivity index (χ1n) is 5.90. The highest BCUT2D eigenvalue weighted by molar-refractivity contribution is 7.10. The van der Waals surface area contributed by atoms with Crippen LogP contribution in [-0.4, -0.2) is 6.61 Å². The standard InChI is InChI=1S/C14H15NOS/c15-13(12-7-3-9-17-12)11-6-1-4-10-5-2-8-16-14(10)11/h1,3-4,6-7,9,13H,2,5,8,15H2. The molecule has 0 bridgehead atoms. The van der Waals surface area contributed by atoms with Crippen molar-refractivity contribution in [3.8, 4) is 5.75 Å². The molecule has 1 aliphatic rings. The van der Waals surface area contributed by atoms with Gasteiger partial charge in [0.2, 0.25) is 0 Å². The van der Waals surface area contributed by atoms with Crippen molar-refractivity contribution in [1.82, 2.24) is 0 Å². The second kappa shape index (κ2) is 4.51. The first-order valence-corrected chi connectivity index (χ1v) is 6.78. The minimum atomic E-state index is -0.0666. The van der Waals surface area contributed by atoms with Gasteiger partial charge in [-0.3, -0.25) is 0 Å². The lowest BCUT2D eigenvalue weighted by molar-refractivity contribution is 0.284. The van der Waals surface area contributed by atoms with E-state index in [1.807, 2.05) is 6.07 Å². The first-order chi connectivity index (χ1) is 8.36. The van der Waals surface area contributed by atoms with Crippen LogP contribution in [0.3, 0.4) is 0 Å². The number of rotatable bonds is 2. The van der Waals surface area contributed by atoms with Gasteiger partial charge in [-0.2, -0.15) is 0 Å². The van der Waals surface area contributed by atoms with Gasteiger partial charge in [-0.25, -0.2) is 0 Å². The Bertz CT molecular complexity index is 507. The molecule has 17 heavy (non-hydrogen) atoms. The van der Waals surface area contributed by atoms with Gasteiger partial charge in [0.25, 0.3) is 0 Å². The van der Waals surface area contributed by atoms with Crippen molar-refractivity contribution < 1.29 is 4.74 Å². The molecule has 1 aromatic heterocycles. The minimum Gasteiger partial charge on any atom is -0.493 e. The van der Waals surface area contributed by atoms with Crippen LogP contribution in [-0.2, 0) is 6.42 Å². The SMILES string of the molecule is NC(c1cccs1)c1cccc2c1OCCC2. The summed E-state index contributed by atoms with van der Waals surface area (Å²) in [6, 6.07) is 10.3. The smallest absolute Gasteiger partial charge is 0.127 e. The van der Waals surface area contributed by atoms with Crippen LogP contribution in [0.15, 0.2) is 35.7 Å². The van der Waals surface area contributed by atoms with Crippen LogP contribution < -0.4 is 10.5 Å². The number of ether oxygens (including phenoxy) is 1. The molecule has 3 rings (SSSR count). The van der Waals surface area contributed by atoms with E-state index in [0.29, 0.717) is 0 Å². The van der Waals surface area contributed by atoms with E-state index in [2.05, 4.69) is 29.6 Å². The van der Waals surface area contributed by atoms with Gasteiger partial charge in [0.1, 0.15) is 5.75 Å². The summed E-state index contributed by atoms with van der Waals surface area (Å²) in [7, 11) is 0. The Morgan fingerprint density at radius 3 is 3.00 bits per heavy atom. The van der Waals surface area contributed by atoms with Crippen molar-refractivity contribution in [3.63, 3.8) is 0 Å². The topological polar surface area (TPSA) is 35.2 Å². The molecule has 1 atom stereocenters. The summed E-state index contributed by atoms with van der Waals surface area (Å²) < 4.78 is 5.80. The number of nitrogens with two attached hydrogens (primary N) is 1. The van der Waals surface area contributed by atoms with E-state index in [-0.39, 0.29) is 6.04 Å². The summed E-state index contributed by atoms with van der Waals surface area (Å²) in [6.07, 6.45) is 2.20. The van der Waals surface area contributed by atoms with Crippen LogP contribution in [0, 0.1) is 0 Å². The number of para-hydroxylation sites is 1. The predicted molar refractivity (Wildman–Crippen MR) is 70.6 cm³/mol. The summed E-state index contributed by atoms with van der Waals surface area (Å²) in [4.78, 5) is 1.19. The van der Waals surface area contributed by atoms with Gasteiger partial charge in [0.05, 0.1) is 12.6 Å². The highest BCUT2D eigenvalue weighted by atomic mass is 32.1. The minimum absolute atomic E-state index is 0.0666. The molecule has 3 heteroatoms. The van der Waals surface area contributed by atoms with Crippen LogP contribution in [0.1, 0.15) is 28.5 Å². The van der Waals surface area contributed by atoms with E-state index in [9.17, 15) is 0 Å². The van der Waals surface area contributed by atoms with E-state index >= 15 is 0 Å². The maximum Gasteiger partial charge on any atom is 0.127 e. The summed E-state index contributed by atoms with van der Waals surface area (Å²) >= 11 is 1.70. The molecule has 1 aromatic carbocycles. The van der Waals surface area contributed by atoms with Gasteiger partial charge in [-0.05, 0) is 29.9 Å². The molecule has 2 aromatic rings. The predicted octanol–water partition coefficient (Wildman–Crippen LogP) is 3.12. The first kappa shape index (κ1) is 10.8. The van der Waals surface area contributed by atoms with E-state index in [1.54, 1.807) is 11.3 Å². The van der Waals surface area contributed by atoms with Crippen LogP contribution in [0.5, 0.6) is 5.75 Å². The normalized spacial score (nSPS) is 16.1. The lowest BCUT2D eigenvalue weighted by atomic mass is 9.98. The Kier molecular flexibility index (Phi) is 2.87. The molecule has 1 unspecified atom stereocenters. The zero-order valence-electron chi connectivity index (χ0n) is 9.56.